The number of allylic oxidation sites excluding steroid dienone is 3. The van der Waals surface area contributed by atoms with E-state index in [1.807, 2.05) is 19.1 Å². The van der Waals surface area contributed by atoms with E-state index in [1.54, 1.807) is 0 Å². The molecular weight excluding hydrogens is 218 g/mol. The second-order valence-electron chi connectivity index (χ2n) is 4.36. The van der Waals surface area contributed by atoms with Crippen LogP contribution in [0.1, 0.15) is 6.92 Å². The summed E-state index contributed by atoms with van der Waals surface area (Å²) in [7, 11) is 0. The summed E-state index contributed by atoms with van der Waals surface area (Å²) >= 11 is 0. The molecule has 88 valence electrons. The van der Waals surface area contributed by atoms with Crippen molar-refractivity contribution in [2.24, 2.45) is 0 Å². The van der Waals surface area contributed by atoms with E-state index in [2.05, 4.69) is 59.7 Å². The Kier molecular flexibility index (Phi) is 2.52. The van der Waals surface area contributed by atoms with Gasteiger partial charge in [-0.1, -0.05) is 49.1 Å². The molecule has 0 atom stereocenters. The third-order valence-corrected chi connectivity index (χ3v) is 3.23. The standard InChI is InChI=1S/C17H15N/c1-3-8-13(2)18-16-11-6-4-9-14(16)15-10-5-7-12-17(15)18/h3-12H,2H2,1H3/b8-3-. The minimum atomic E-state index is 0.995. The molecule has 18 heavy (non-hydrogen) atoms. The van der Waals surface area contributed by atoms with Crippen LogP contribution in [0, 0.1) is 0 Å². The lowest BCUT2D eigenvalue weighted by atomic mass is 10.2. The maximum absolute atomic E-state index is 4.16. The van der Waals surface area contributed by atoms with Crippen LogP contribution in [0.5, 0.6) is 0 Å². The highest BCUT2D eigenvalue weighted by molar-refractivity contribution is 6.10. The SMILES string of the molecule is C=C(/C=C\C)n1c2ccccc2c2ccccc21. The summed E-state index contributed by atoms with van der Waals surface area (Å²) in [5.41, 5.74) is 3.42. The number of hydrogen-bond donors (Lipinski definition) is 0. The first-order valence-corrected chi connectivity index (χ1v) is 6.13. The van der Waals surface area contributed by atoms with Gasteiger partial charge in [0, 0.05) is 16.5 Å². The van der Waals surface area contributed by atoms with Crippen LogP contribution in [0.3, 0.4) is 0 Å². The van der Waals surface area contributed by atoms with Gasteiger partial charge in [0.25, 0.3) is 0 Å². The Balaban J connectivity index is 2.49. The van der Waals surface area contributed by atoms with Gasteiger partial charge in [-0.3, -0.25) is 0 Å². The molecule has 1 nitrogen and oxygen atoms in total. The van der Waals surface area contributed by atoms with Gasteiger partial charge in [-0.25, -0.2) is 0 Å². The van der Waals surface area contributed by atoms with Crippen LogP contribution < -0.4 is 0 Å². The van der Waals surface area contributed by atoms with E-state index in [-0.39, 0.29) is 0 Å². The molecule has 3 aromatic rings. The smallest absolute Gasteiger partial charge is 0.0540 e. The van der Waals surface area contributed by atoms with Crippen molar-refractivity contribution in [1.82, 2.24) is 4.57 Å². The largest absolute Gasteiger partial charge is 0.310 e. The van der Waals surface area contributed by atoms with Crippen molar-refractivity contribution in [3.63, 3.8) is 0 Å². The lowest BCUT2D eigenvalue weighted by molar-refractivity contribution is 1.24. The summed E-state index contributed by atoms with van der Waals surface area (Å²) < 4.78 is 2.21. The highest BCUT2D eigenvalue weighted by Crippen LogP contribution is 2.31. The minimum Gasteiger partial charge on any atom is -0.310 e. The maximum Gasteiger partial charge on any atom is 0.0540 e. The molecule has 0 unspecified atom stereocenters. The average Bonchev–Trinajstić information content (AvgIpc) is 2.73. The van der Waals surface area contributed by atoms with Gasteiger partial charge in [-0.05, 0) is 25.1 Å². The van der Waals surface area contributed by atoms with Crippen LogP contribution in [-0.4, -0.2) is 4.57 Å². The molecule has 0 N–H and O–H groups in total. The Hall–Kier alpha value is -2.28. The third-order valence-electron chi connectivity index (χ3n) is 3.23. The Morgan fingerprint density at radius 2 is 1.44 bits per heavy atom. The van der Waals surface area contributed by atoms with Crippen molar-refractivity contribution in [1.29, 1.82) is 0 Å². The molecule has 1 heterocycles. The molecule has 2 aromatic carbocycles. The minimum absolute atomic E-state index is 0.995. The summed E-state index contributed by atoms with van der Waals surface area (Å²) in [6.07, 6.45) is 4.06. The molecule has 0 saturated heterocycles. The van der Waals surface area contributed by atoms with E-state index in [0.717, 1.165) is 5.70 Å². The van der Waals surface area contributed by atoms with Gasteiger partial charge in [-0.2, -0.15) is 0 Å². The second kappa shape index (κ2) is 4.19. The zero-order valence-electron chi connectivity index (χ0n) is 10.4. The molecular formula is C17H15N. The number of nitrogens with zero attached hydrogens (tertiary/aromatic N) is 1. The predicted molar refractivity (Wildman–Crippen MR) is 79.6 cm³/mol. The van der Waals surface area contributed by atoms with Gasteiger partial charge in [0.2, 0.25) is 0 Å². The van der Waals surface area contributed by atoms with E-state index in [0.29, 0.717) is 0 Å². The monoisotopic (exact) mass is 233 g/mol. The van der Waals surface area contributed by atoms with Crippen LogP contribution in [0.15, 0.2) is 67.3 Å². The van der Waals surface area contributed by atoms with E-state index in [1.165, 1.54) is 21.8 Å². The van der Waals surface area contributed by atoms with Crippen LogP contribution in [0.4, 0.5) is 0 Å². The van der Waals surface area contributed by atoms with Gasteiger partial charge in [0.05, 0.1) is 11.0 Å². The van der Waals surface area contributed by atoms with Crippen molar-refractivity contribution >= 4 is 27.5 Å². The second-order valence-corrected chi connectivity index (χ2v) is 4.36. The first-order valence-electron chi connectivity index (χ1n) is 6.13. The molecule has 1 aromatic heterocycles. The van der Waals surface area contributed by atoms with Gasteiger partial charge in [0.15, 0.2) is 0 Å². The van der Waals surface area contributed by atoms with Crippen LogP contribution in [-0.2, 0) is 0 Å². The lowest BCUT2D eigenvalue weighted by Crippen LogP contribution is -1.92. The first-order chi connectivity index (χ1) is 8.83. The number of hydrogen-bond acceptors (Lipinski definition) is 0. The van der Waals surface area contributed by atoms with E-state index in [9.17, 15) is 0 Å². The molecule has 1 heteroatoms. The molecule has 0 radical (unpaired) electrons. The number of aromatic nitrogens is 1. The third kappa shape index (κ3) is 1.48. The fraction of sp³-hybridized carbons (Fsp3) is 0.0588. The Labute approximate surface area is 107 Å². The molecule has 0 aliphatic carbocycles. The van der Waals surface area contributed by atoms with Crippen molar-refractivity contribution in [3.8, 4) is 0 Å². The highest BCUT2D eigenvalue weighted by Gasteiger charge is 2.09. The van der Waals surface area contributed by atoms with Gasteiger partial charge in [-0.15, -0.1) is 0 Å². The average molecular weight is 233 g/mol. The van der Waals surface area contributed by atoms with Gasteiger partial charge < -0.3 is 4.57 Å². The van der Waals surface area contributed by atoms with Crippen LogP contribution >= 0.6 is 0 Å². The number of para-hydroxylation sites is 2. The van der Waals surface area contributed by atoms with Crippen molar-refractivity contribution in [2.45, 2.75) is 6.92 Å². The molecule has 0 amide bonds. The van der Waals surface area contributed by atoms with E-state index < -0.39 is 0 Å². The Morgan fingerprint density at radius 3 is 1.94 bits per heavy atom. The molecule has 0 aliphatic rings. The Morgan fingerprint density at radius 1 is 0.944 bits per heavy atom. The van der Waals surface area contributed by atoms with Crippen LogP contribution in [0.2, 0.25) is 0 Å². The molecule has 0 spiro atoms. The Bertz CT molecular complexity index is 706. The van der Waals surface area contributed by atoms with Gasteiger partial charge in [0.1, 0.15) is 0 Å². The maximum atomic E-state index is 4.16. The van der Waals surface area contributed by atoms with Gasteiger partial charge >= 0.3 is 0 Å². The summed E-state index contributed by atoms with van der Waals surface area (Å²) in [4.78, 5) is 0. The number of rotatable bonds is 2. The number of fused-ring (bicyclic) bond motifs is 3. The molecule has 3 rings (SSSR count). The highest BCUT2D eigenvalue weighted by atomic mass is 15.0. The fourth-order valence-electron chi connectivity index (χ4n) is 2.50. The molecule has 0 bridgehead atoms. The quantitative estimate of drug-likeness (QED) is 0.558. The molecule has 0 fully saturated rings. The first kappa shape index (κ1) is 10.8. The fourth-order valence-corrected chi connectivity index (χ4v) is 2.50. The summed E-state index contributed by atoms with van der Waals surface area (Å²) in [6, 6.07) is 16.9. The van der Waals surface area contributed by atoms with E-state index in [4.69, 9.17) is 0 Å². The lowest BCUT2D eigenvalue weighted by Gasteiger charge is -2.06. The van der Waals surface area contributed by atoms with Crippen molar-refractivity contribution in [2.75, 3.05) is 0 Å². The zero-order valence-corrected chi connectivity index (χ0v) is 10.4. The summed E-state index contributed by atoms with van der Waals surface area (Å²) in [6.45, 7) is 6.18. The molecule has 0 saturated carbocycles. The topological polar surface area (TPSA) is 4.93 Å². The van der Waals surface area contributed by atoms with Crippen molar-refractivity contribution < 1.29 is 0 Å². The van der Waals surface area contributed by atoms with Crippen molar-refractivity contribution in [3.05, 3.63) is 67.3 Å². The normalized spacial score (nSPS) is 11.6. The zero-order chi connectivity index (χ0) is 12.5. The number of benzene rings is 2. The van der Waals surface area contributed by atoms with E-state index >= 15 is 0 Å². The predicted octanol–water partition coefficient (Wildman–Crippen LogP) is 4.84. The van der Waals surface area contributed by atoms with Crippen LogP contribution in [0.25, 0.3) is 27.5 Å². The summed E-state index contributed by atoms with van der Waals surface area (Å²) in [5, 5.41) is 2.55. The summed E-state index contributed by atoms with van der Waals surface area (Å²) in [5.74, 6) is 0. The molecule has 0 aliphatic heterocycles.